The van der Waals surface area contributed by atoms with Gasteiger partial charge in [0.2, 0.25) is 0 Å². The van der Waals surface area contributed by atoms with E-state index in [1.165, 1.54) is 23.1 Å². The van der Waals surface area contributed by atoms with Gasteiger partial charge in [0, 0.05) is 0 Å². The van der Waals surface area contributed by atoms with Crippen LogP contribution in [0.15, 0.2) is 18.2 Å². The molecule has 0 spiro atoms. The van der Waals surface area contributed by atoms with Gasteiger partial charge in [-0.25, -0.2) is 0 Å². The molecule has 74 valence electrons. The van der Waals surface area contributed by atoms with E-state index in [0.717, 1.165) is 6.42 Å². The molecule has 0 unspecified atom stereocenters. The Labute approximate surface area is 83.0 Å². The van der Waals surface area contributed by atoms with Gasteiger partial charge in [0.15, 0.2) is 0 Å². The molecule has 0 saturated heterocycles. The van der Waals surface area contributed by atoms with Crippen LogP contribution in [0.1, 0.15) is 43.9 Å². The highest BCUT2D eigenvalue weighted by Gasteiger charge is 1.96. The fourth-order valence-electron chi connectivity index (χ4n) is 1.41. The number of rotatable bonds is 1. The first-order chi connectivity index (χ1) is 6.17. The molecule has 0 N–H and O–H groups in total. The van der Waals surface area contributed by atoms with Gasteiger partial charge in [0.1, 0.15) is 0 Å². The van der Waals surface area contributed by atoms with Gasteiger partial charge < -0.3 is 0 Å². The molecule has 0 aliphatic rings. The molecule has 0 saturated carbocycles. The van der Waals surface area contributed by atoms with Gasteiger partial charge in [-0.05, 0) is 37.0 Å². The summed E-state index contributed by atoms with van der Waals surface area (Å²) in [5, 5.41) is 0. The van der Waals surface area contributed by atoms with Crippen LogP contribution < -0.4 is 0 Å². The van der Waals surface area contributed by atoms with E-state index in [9.17, 15) is 0 Å². The maximum atomic E-state index is 2.20. The van der Waals surface area contributed by atoms with Crippen LogP contribution in [0.4, 0.5) is 0 Å². The molecule has 0 heteroatoms. The number of aryl methyl sites for hydroxylation is 2. The van der Waals surface area contributed by atoms with Crippen LogP contribution in [-0.4, -0.2) is 0 Å². The topological polar surface area (TPSA) is 0 Å². The van der Waals surface area contributed by atoms with Crippen molar-refractivity contribution in [2.45, 2.75) is 47.5 Å². The van der Waals surface area contributed by atoms with Crippen LogP contribution in [0.25, 0.3) is 0 Å². The summed E-state index contributed by atoms with van der Waals surface area (Å²) < 4.78 is 0. The Hall–Kier alpha value is -0.780. The van der Waals surface area contributed by atoms with Crippen LogP contribution in [0.2, 0.25) is 0 Å². The molecule has 0 fully saturated rings. The van der Waals surface area contributed by atoms with Crippen molar-refractivity contribution in [3.63, 3.8) is 0 Å². The van der Waals surface area contributed by atoms with Gasteiger partial charge in [0.25, 0.3) is 0 Å². The van der Waals surface area contributed by atoms with E-state index in [0.29, 0.717) is 0 Å². The van der Waals surface area contributed by atoms with E-state index in [1.807, 2.05) is 0 Å². The predicted molar refractivity (Wildman–Crippen MR) is 61.3 cm³/mol. The van der Waals surface area contributed by atoms with Crippen molar-refractivity contribution in [2.75, 3.05) is 0 Å². The molecule has 1 rings (SSSR count). The van der Waals surface area contributed by atoms with E-state index in [-0.39, 0.29) is 0 Å². The SMILES string of the molecule is CCC.CCc1c(C)cccc1C. The minimum Gasteiger partial charge on any atom is -0.0656 e. The zero-order valence-corrected chi connectivity index (χ0v) is 9.65. The predicted octanol–water partition coefficient (Wildman–Crippen LogP) is 4.28. The minimum absolute atomic E-state index is 1.15. The summed E-state index contributed by atoms with van der Waals surface area (Å²) in [6.07, 6.45) is 2.40. The van der Waals surface area contributed by atoms with Crippen LogP contribution >= 0.6 is 0 Å². The van der Waals surface area contributed by atoms with E-state index in [1.54, 1.807) is 0 Å². The molecule has 0 aliphatic heterocycles. The molecule has 0 amide bonds. The van der Waals surface area contributed by atoms with Crippen molar-refractivity contribution in [2.24, 2.45) is 0 Å². The first-order valence-electron chi connectivity index (χ1n) is 5.22. The molecule has 13 heavy (non-hydrogen) atoms. The molecular formula is C13H22. The molecule has 1 aromatic rings. The molecule has 0 aliphatic carbocycles. The number of benzene rings is 1. The largest absolute Gasteiger partial charge is 0.0656 e. The van der Waals surface area contributed by atoms with Gasteiger partial charge in [-0.15, -0.1) is 0 Å². The Morgan fingerprint density at radius 3 is 1.54 bits per heavy atom. The molecule has 0 nitrogen and oxygen atoms in total. The number of hydrogen-bond donors (Lipinski definition) is 0. The highest BCUT2D eigenvalue weighted by Crippen LogP contribution is 2.12. The van der Waals surface area contributed by atoms with Crippen molar-refractivity contribution < 1.29 is 0 Å². The lowest BCUT2D eigenvalue weighted by molar-refractivity contribution is 1.08. The standard InChI is InChI=1S/C10H14.C3H8/c1-4-10-8(2)6-5-7-9(10)3;1-3-2/h5-7H,4H2,1-3H3;3H2,1-2H3. The Morgan fingerprint density at radius 2 is 1.31 bits per heavy atom. The molecular weight excluding hydrogens is 156 g/mol. The summed E-state index contributed by atoms with van der Waals surface area (Å²) >= 11 is 0. The van der Waals surface area contributed by atoms with Crippen LogP contribution in [0.3, 0.4) is 0 Å². The third-order valence-electron chi connectivity index (χ3n) is 2.00. The lowest BCUT2D eigenvalue weighted by atomic mass is 10.0. The second-order valence-electron chi connectivity index (χ2n) is 3.43. The highest BCUT2D eigenvalue weighted by molar-refractivity contribution is 5.33. The van der Waals surface area contributed by atoms with Gasteiger partial charge in [0.05, 0.1) is 0 Å². The highest BCUT2D eigenvalue weighted by atomic mass is 14.0. The van der Waals surface area contributed by atoms with Crippen LogP contribution in [0.5, 0.6) is 0 Å². The molecule has 0 heterocycles. The van der Waals surface area contributed by atoms with E-state index < -0.39 is 0 Å². The second kappa shape index (κ2) is 6.71. The van der Waals surface area contributed by atoms with Crippen molar-refractivity contribution in [1.29, 1.82) is 0 Å². The minimum atomic E-state index is 1.15. The first-order valence-corrected chi connectivity index (χ1v) is 5.22. The monoisotopic (exact) mass is 178 g/mol. The van der Waals surface area contributed by atoms with Crippen molar-refractivity contribution >= 4 is 0 Å². The fourth-order valence-corrected chi connectivity index (χ4v) is 1.41. The van der Waals surface area contributed by atoms with Gasteiger partial charge >= 0.3 is 0 Å². The lowest BCUT2D eigenvalue weighted by Crippen LogP contribution is -1.89. The Bertz CT molecular complexity index is 216. The third-order valence-corrected chi connectivity index (χ3v) is 2.00. The smallest absolute Gasteiger partial charge is 0.0302 e. The average Bonchev–Trinajstić information content (AvgIpc) is 2.06. The number of hydrogen-bond acceptors (Lipinski definition) is 0. The molecule has 1 aromatic carbocycles. The first kappa shape index (κ1) is 12.2. The molecule has 0 radical (unpaired) electrons. The maximum Gasteiger partial charge on any atom is -0.0302 e. The summed E-state index contributed by atoms with van der Waals surface area (Å²) in [4.78, 5) is 0. The van der Waals surface area contributed by atoms with E-state index in [4.69, 9.17) is 0 Å². The summed E-state index contributed by atoms with van der Waals surface area (Å²) in [5.41, 5.74) is 4.34. The molecule has 0 atom stereocenters. The summed E-state index contributed by atoms with van der Waals surface area (Å²) in [5.74, 6) is 0. The Morgan fingerprint density at radius 1 is 0.923 bits per heavy atom. The van der Waals surface area contributed by atoms with E-state index in [2.05, 4.69) is 52.8 Å². The van der Waals surface area contributed by atoms with Gasteiger partial charge in [-0.1, -0.05) is 45.4 Å². The summed E-state index contributed by atoms with van der Waals surface area (Å²) in [6.45, 7) is 10.8. The molecule has 0 aromatic heterocycles. The fraction of sp³-hybridized carbons (Fsp3) is 0.538. The Balaban J connectivity index is 0.000000424. The zero-order chi connectivity index (χ0) is 10.3. The summed E-state index contributed by atoms with van der Waals surface area (Å²) in [6, 6.07) is 6.46. The summed E-state index contributed by atoms with van der Waals surface area (Å²) in [7, 11) is 0. The van der Waals surface area contributed by atoms with Crippen LogP contribution in [0, 0.1) is 13.8 Å². The van der Waals surface area contributed by atoms with Crippen molar-refractivity contribution in [3.05, 3.63) is 34.9 Å². The normalized spacial score (nSPS) is 9.00. The van der Waals surface area contributed by atoms with Crippen molar-refractivity contribution in [3.8, 4) is 0 Å². The van der Waals surface area contributed by atoms with E-state index >= 15 is 0 Å². The lowest BCUT2D eigenvalue weighted by Gasteiger charge is -2.04. The molecule has 0 bridgehead atoms. The van der Waals surface area contributed by atoms with Gasteiger partial charge in [-0.2, -0.15) is 0 Å². The van der Waals surface area contributed by atoms with Gasteiger partial charge in [-0.3, -0.25) is 0 Å². The Kier molecular flexibility index (Phi) is 6.30. The van der Waals surface area contributed by atoms with Crippen LogP contribution in [-0.2, 0) is 6.42 Å². The van der Waals surface area contributed by atoms with Crippen molar-refractivity contribution in [1.82, 2.24) is 0 Å². The average molecular weight is 178 g/mol. The third kappa shape index (κ3) is 4.12. The zero-order valence-electron chi connectivity index (χ0n) is 9.65. The maximum absolute atomic E-state index is 2.20. The quantitative estimate of drug-likeness (QED) is 0.602. The second-order valence-corrected chi connectivity index (χ2v) is 3.43.